The van der Waals surface area contributed by atoms with Crippen molar-refractivity contribution in [1.82, 2.24) is 69.1 Å². The van der Waals surface area contributed by atoms with Crippen LogP contribution in [0.3, 0.4) is 0 Å². The number of hydrogen-bond acceptors (Lipinski definition) is 15. The van der Waals surface area contributed by atoms with Gasteiger partial charge in [0.1, 0.15) is 23.2 Å². The number of alkyl halides is 1. The quantitative estimate of drug-likeness (QED) is 0.143. The van der Waals surface area contributed by atoms with Crippen molar-refractivity contribution in [2.24, 2.45) is 14.1 Å². The number of benzene rings is 1. The second-order valence-electron chi connectivity index (χ2n) is 16.4. The normalized spacial score (nSPS) is 18.3. The number of aryl methyl sites for hydroxylation is 2. The molecular weight excluding hydrogens is 822 g/mol. The van der Waals surface area contributed by atoms with Crippen molar-refractivity contribution in [2.75, 3.05) is 80.0 Å². The smallest absolute Gasteiger partial charge is 0.256 e. The number of fused-ring (bicyclic) bond motifs is 3. The van der Waals surface area contributed by atoms with E-state index in [-0.39, 0.29) is 49.0 Å². The highest BCUT2D eigenvalue weighted by Crippen LogP contribution is 2.42. The van der Waals surface area contributed by atoms with Gasteiger partial charge in [0, 0.05) is 58.0 Å². The molecular formula is C40H45F3N18O2. The molecule has 0 spiro atoms. The summed E-state index contributed by atoms with van der Waals surface area (Å²) < 4.78 is 55.5. The van der Waals surface area contributed by atoms with Crippen LogP contribution in [-0.4, -0.2) is 142 Å². The first-order valence-corrected chi connectivity index (χ1v) is 20.6. The summed E-state index contributed by atoms with van der Waals surface area (Å²) in [6.07, 6.45) is 5.70. The third-order valence-corrected chi connectivity index (χ3v) is 11.7. The van der Waals surface area contributed by atoms with E-state index in [0.29, 0.717) is 70.6 Å². The van der Waals surface area contributed by atoms with Gasteiger partial charge in [-0.3, -0.25) is 9.48 Å². The van der Waals surface area contributed by atoms with E-state index in [0.717, 1.165) is 37.6 Å². The van der Waals surface area contributed by atoms with Gasteiger partial charge in [0.2, 0.25) is 23.8 Å². The Balaban J connectivity index is 0.931. The number of carbonyl (C=O) groups excluding carboxylic acids is 1. The minimum absolute atomic E-state index is 0.0347. The molecule has 3 aliphatic rings. The fourth-order valence-corrected chi connectivity index (χ4v) is 8.12. The number of carbonyl (C=O) groups is 1. The Kier molecular flexibility index (Phi) is 9.98. The first-order valence-electron chi connectivity index (χ1n) is 20.6. The summed E-state index contributed by atoms with van der Waals surface area (Å²) in [5.41, 5.74) is 3.42. The molecule has 0 bridgehead atoms. The van der Waals surface area contributed by atoms with E-state index >= 15 is 4.39 Å². The molecule has 8 heterocycles. The predicted octanol–water partition coefficient (Wildman–Crippen LogP) is 2.98. The molecule has 7 aromatic rings. The maximum Gasteiger partial charge on any atom is 0.256 e. The second kappa shape index (κ2) is 15.7. The van der Waals surface area contributed by atoms with E-state index < -0.39 is 29.8 Å². The summed E-state index contributed by atoms with van der Waals surface area (Å²) in [4.78, 5) is 53.3. The zero-order valence-electron chi connectivity index (χ0n) is 35.1. The summed E-state index contributed by atoms with van der Waals surface area (Å²) >= 11 is 0. The van der Waals surface area contributed by atoms with Crippen LogP contribution in [0.1, 0.15) is 30.1 Å². The van der Waals surface area contributed by atoms with Crippen LogP contribution >= 0.6 is 0 Å². The van der Waals surface area contributed by atoms with Crippen molar-refractivity contribution in [3.05, 3.63) is 66.0 Å². The average molecular weight is 867 g/mol. The van der Waals surface area contributed by atoms with E-state index in [1.807, 2.05) is 0 Å². The first kappa shape index (κ1) is 40.1. The van der Waals surface area contributed by atoms with Crippen molar-refractivity contribution in [3.63, 3.8) is 0 Å². The molecule has 20 nitrogen and oxygen atoms in total. The van der Waals surface area contributed by atoms with Crippen molar-refractivity contribution in [1.29, 1.82) is 0 Å². The molecule has 1 amide bonds. The lowest BCUT2D eigenvalue weighted by Gasteiger charge is -2.33. The Morgan fingerprint density at radius 2 is 1.76 bits per heavy atom. The molecule has 0 unspecified atom stereocenters. The molecule has 1 aromatic carbocycles. The third-order valence-electron chi connectivity index (χ3n) is 11.7. The molecule has 328 valence electrons. The number of piperazine rings is 1. The molecule has 23 heteroatoms. The molecule has 2 aliphatic heterocycles. The largest absolute Gasteiger partial charge is 0.478 e. The number of nitrogens with zero attached hydrogens (tertiary/aromatic N) is 15. The van der Waals surface area contributed by atoms with Gasteiger partial charge < -0.3 is 44.5 Å². The molecule has 10 rings (SSSR count). The fourth-order valence-electron chi connectivity index (χ4n) is 8.12. The van der Waals surface area contributed by atoms with Gasteiger partial charge in [-0.1, -0.05) is 6.58 Å². The molecule has 63 heavy (non-hydrogen) atoms. The van der Waals surface area contributed by atoms with Crippen LogP contribution in [0.2, 0.25) is 0 Å². The number of likely N-dealkylation sites (N-methyl/N-ethyl adjacent to an activating group) is 1. The lowest BCUT2D eigenvalue weighted by molar-refractivity contribution is -0.118. The van der Waals surface area contributed by atoms with Gasteiger partial charge in [-0.05, 0) is 37.9 Å². The number of hydrogen-bond donors (Lipinski definition) is 3. The fraction of sp³-hybridized carbons (Fsp3) is 0.425. The summed E-state index contributed by atoms with van der Waals surface area (Å²) in [5.74, 6) is -0.306. The van der Waals surface area contributed by atoms with Gasteiger partial charge in [-0.25, -0.2) is 23.1 Å². The number of imidazole rings is 2. The van der Waals surface area contributed by atoms with Gasteiger partial charge >= 0.3 is 0 Å². The van der Waals surface area contributed by atoms with E-state index in [4.69, 9.17) is 29.8 Å². The van der Waals surface area contributed by atoms with Crippen LogP contribution < -0.4 is 30.1 Å². The van der Waals surface area contributed by atoms with E-state index in [2.05, 4.69) is 54.1 Å². The maximum atomic E-state index is 16.0. The van der Waals surface area contributed by atoms with Gasteiger partial charge in [-0.2, -0.15) is 29.5 Å². The summed E-state index contributed by atoms with van der Waals surface area (Å²) in [7, 11) is 7.13. The van der Waals surface area contributed by atoms with Crippen LogP contribution in [0.15, 0.2) is 43.0 Å². The highest BCUT2D eigenvalue weighted by molar-refractivity contribution is 5.94. The summed E-state index contributed by atoms with van der Waals surface area (Å²) in [5, 5.41) is 15.1. The van der Waals surface area contributed by atoms with Gasteiger partial charge in [0.25, 0.3) is 5.88 Å². The molecule has 3 N–H and O–H groups in total. The number of ether oxygens (including phenoxy) is 1. The lowest BCUT2D eigenvalue weighted by atomic mass is 10.2. The number of methoxy groups -OCH3 is 1. The zero-order valence-corrected chi connectivity index (χ0v) is 35.1. The number of rotatable bonds is 13. The SMILES string of the molecule is C=C(CN(Cc1nc2c(F)c(F)ccc2[nH]1)c1nc(N2CCN(C)CC2)nc2c(C3CC3)cnn12)C(=O)N[C@@H]1CN(c2nc(Nc3cn(C)nc3OC)c3ncn(C)c3n2)C[C@H]1F. The first-order chi connectivity index (χ1) is 30.4. The van der Waals surface area contributed by atoms with Crippen molar-refractivity contribution < 1.29 is 22.7 Å². The van der Waals surface area contributed by atoms with Gasteiger partial charge in [0.15, 0.2) is 34.3 Å². The monoisotopic (exact) mass is 866 g/mol. The molecule has 0 radical (unpaired) electrons. The Hall–Kier alpha value is -7.04. The Morgan fingerprint density at radius 3 is 2.54 bits per heavy atom. The molecule has 3 fully saturated rings. The number of aromatic nitrogens is 12. The predicted molar refractivity (Wildman–Crippen MR) is 227 cm³/mol. The van der Waals surface area contributed by atoms with E-state index in [1.54, 1.807) is 56.4 Å². The maximum absolute atomic E-state index is 16.0. The van der Waals surface area contributed by atoms with Crippen LogP contribution in [0.25, 0.3) is 27.8 Å². The molecule has 1 aliphatic carbocycles. The topological polar surface area (TPSA) is 196 Å². The lowest BCUT2D eigenvalue weighted by Crippen LogP contribution is -2.45. The highest BCUT2D eigenvalue weighted by Gasteiger charge is 2.37. The van der Waals surface area contributed by atoms with Crippen LogP contribution in [0, 0.1) is 11.6 Å². The van der Waals surface area contributed by atoms with Crippen molar-refractivity contribution >= 4 is 63.1 Å². The number of anilines is 5. The third kappa shape index (κ3) is 7.54. The second-order valence-corrected chi connectivity index (χ2v) is 16.4. The van der Waals surface area contributed by atoms with Crippen LogP contribution in [-0.2, 0) is 25.4 Å². The highest BCUT2D eigenvalue weighted by atomic mass is 19.2. The summed E-state index contributed by atoms with van der Waals surface area (Å²) in [6.45, 7) is 6.98. The van der Waals surface area contributed by atoms with E-state index in [1.165, 1.54) is 13.2 Å². The average Bonchev–Trinajstić information content (AvgIpc) is 3.59. The molecule has 2 atom stereocenters. The Labute approximate surface area is 357 Å². The Morgan fingerprint density at radius 1 is 0.984 bits per heavy atom. The molecule has 2 saturated heterocycles. The minimum Gasteiger partial charge on any atom is -0.478 e. The van der Waals surface area contributed by atoms with Gasteiger partial charge in [0.05, 0.1) is 57.0 Å². The van der Waals surface area contributed by atoms with Crippen molar-refractivity contribution in [3.8, 4) is 5.88 Å². The molecule has 1 saturated carbocycles. The van der Waals surface area contributed by atoms with Crippen molar-refractivity contribution in [2.45, 2.75) is 37.5 Å². The number of H-pyrrole nitrogens is 1. The minimum atomic E-state index is -1.48. The standard InChI is InChI=1S/C40H45F3N18O2/c1-21(36(62)48-27-18-59(16-25(27)42)38-50-33(32-35(52-38)56(3)20-44-32)47-28-17-57(4)54-37(28)63-5)15-60(19-29-46-26-9-8-24(41)30(43)31(26)49-29)40-53-39(58-12-10-55(2)11-13-58)51-34-23(22-6-7-22)14-45-61(34)40/h8-9,14,17,20,22,25,27H,1,6-7,10-13,15-16,18-19H2,2-5H3,(H,46,49)(H,48,62)(H,47,50,52)/t25-,27-/m1/s1. The molecule has 6 aromatic heterocycles. The number of aromatic amines is 1. The van der Waals surface area contributed by atoms with E-state index in [9.17, 15) is 13.6 Å². The Bertz CT molecular complexity index is 2890. The van der Waals surface area contributed by atoms with Crippen LogP contribution in [0.5, 0.6) is 5.88 Å². The van der Waals surface area contributed by atoms with Gasteiger partial charge in [-0.15, -0.1) is 5.10 Å². The summed E-state index contributed by atoms with van der Waals surface area (Å²) in [6, 6.07) is 1.50. The van der Waals surface area contributed by atoms with Crippen LogP contribution in [0.4, 0.5) is 42.5 Å². The zero-order chi connectivity index (χ0) is 43.7. The number of nitrogens with one attached hydrogen (secondary N) is 3. The number of amides is 1. The number of halogens is 3.